The summed E-state index contributed by atoms with van der Waals surface area (Å²) in [7, 11) is 0. The van der Waals surface area contributed by atoms with E-state index in [0.29, 0.717) is 11.7 Å². The van der Waals surface area contributed by atoms with Gasteiger partial charge in [-0.15, -0.1) is 5.10 Å². The lowest BCUT2D eigenvalue weighted by atomic mass is 9.96. The molecule has 24 heavy (non-hydrogen) atoms. The van der Waals surface area contributed by atoms with Crippen molar-refractivity contribution in [2.45, 2.75) is 58.9 Å². The number of aryl methyl sites for hydroxylation is 3. The van der Waals surface area contributed by atoms with Gasteiger partial charge in [0.25, 0.3) is 0 Å². The number of hydrogen-bond acceptors (Lipinski definition) is 6. The summed E-state index contributed by atoms with van der Waals surface area (Å²) in [4.78, 5) is 21.8. The van der Waals surface area contributed by atoms with Crippen LogP contribution >= 0.6 is 0 Å². The Morgan fingerprint density at radius 2 is 2.00 bits per heavy atom. The van der Waals surface area contributed by atoms with Crippen LogP contribution in [0.15, 0.2) is 9.32 Å². The second-order valence-electron chi connectivity index (χ2n) is 6.59. The van der Waals surface area contributed by atoms with Gasteiger partial charge < -0.3 is 4.52 Å². The van der Waals surface area contributed by atoms with E-state index in [0.717, 1.165) is 48.4 Å². The topological polar surface area (TPSA) is 91.1 Å². The van der Waals surface area contributed by atoms with Crippen molar-refractivity contribution in [1.82, 2.24) is 29.3 Å². The molecule has 0 saturated heterocycles. The molecule has 0 amide bonds. The number of hydrogen-bond donors (Lipinski definition) is 0. The Balaban J connectivity index is 1.92. The van der Waals surface area contributed by atoms with E-state index in [9.17, 15) is 4.79 Å². The van der Waals surface area contributed by atoms with E-state index in [1.807, 2.05) is 13.8 Å². The fourth-order valence-corrected chi connectivity index (χ4v) is 3.27. The molecule has 0 radical (unpaired) electrons. The molecule has 0 fully saturated rings. The zero-order valence-electron chi connectivity index (χ0n) is 14.1. The minimum atomic E-state index is -0.203. The van der Waals surface area contributed by atoms with Crippen molar-refractivity contribution in [2.24, 2.45) is 0 Å². The highest BCUT2D eigenvalue weighted by Gasteiger charge is 2.23. The number of rotatable bonds is 3. The predicted molar refractivity (Wildman–Crippen MR) is 86.1 cm³/mol. The number of aromatic nitrogens is 6. The fourth-order valence-electron chi connectivity index (χ4n) is 3.27. The summed E-state index contributed by atoms with van der Waals surface area (Å²) in [5.41, 5.74) is 2.71. The van der Waals surface area contributed by atoms with Gasteiger partial charge in [0.1, 0.15) is 12.4 Å². The lowest BCUT2D eigenvalue weighted by Gasteiger charge is -2.18. The lowest BCUT2D eigenvalue weighted by Crippen LogP contribution is -2.25. The van der Waals surface area contributed by atoms with Crippen LogP contribution in [0.2, 0.25) is 0 Å². The summed E-state index contributed by atoms with van der Waals surface area (Å²) in [6.07, 6.45) is 4.12. The van der Waals surface area contributed by atoms with Gasteiger partial charge in [0.05, 0.1) is 0 Å². The molecule has 3 aromatic heterocycles. The highest BCUT2D eigenvalue weighted by atomic mass is 16.5. The smallest absolute Gasteiger partial charge is 0.337 e. The third-order valence-corrected chi connectivity index (χ3v) is 4.40. The Morgan fingerprint density at radius 3 is 2.71 bits per heavy atom. The summed E-state index contributed by atoms with van der Waals surface area (Å²) < 4.78 is 8.17. The first-order valence-corrected chi connectivity index (χ1v) is 8.35. The Morgan fingerprint density at radius 1 is 1.21 bits per heavy atom. The number of fused-ring (bicyclic) bond motifs is 3. The van der Waals surface area contributed by atoms with Crippen molar-refractivity contribution in [3.05, 3.63) is 39.3 Å². The summed E-state index contributed by atoms with van der Waals surface area (Å²) >= 11 is 0. The van der Waals surface area contributed by atoms with Crippen molar-refractivity contribution in [1.29, 1.82) is 0 Å². The van der Waals surface area contributed by atoms with Crippen LogP contribution in [0.5, 0.6) is 0 Å². The molecule has 1 aliphatic carbocycles. The Kier molecular flexibility index (Phi) is 3.47. The molecule has 0 unspecified atom stereocenters. The zero-order chi connectivity index (χ0) is 16.8. The standard InChI is InChI=1S/C16H20N6O2/c1-9(2)14-18-12-7-5-4-6-11(12)15-19-21(16(23)22(14)15)8-13-17-10(3)20-24-13/h9H,4-8H2,1-3H3. The molecule has 0 atom stereocenters. The molecule has 3 heterocycles. The minimum absolute atomic E-state index is 0.140. The van der Waals surface area contributed by atoms with Crippen LogP contribution in [-0.2, 0) is 19.4 Å². The van der Waals surface area contributed by atoms with Crippen LogP contribution in [0, 0.1) is 6.92 Å². The van der Waals surface area contributed by atoms with Gasteiger partial charge in [0, 0.05) is 17.2 Å². The second kappa shape index (κ2) is 5.54. The summed E-state index contributed by atoms with van der Waals surface area (Å²) in [6.45, 7) is 6.01. The molecule has 126 valence electrons. The maximum absolute atomic E-state index is 12.9. The molecule has 0 bridgehead atoms. The van der Waals surface area contributed by atoms with E-state index in [4.69, 9.17) is 9.51 Å². The molecule has 0 aromatic carbocycles. The first-order valence-electron chi connectivity index (χ1n) is 8.35. The van der Waals surface area contributed by atoms with Crippen LogP contribution in [0.25, 0.3) is 5.65 Å². The zero-order valence-corrected chi connectivity index (χ0v) is 14.1. The Bertz CT molecular complexity index is 965. The van der Waals surface area contributed by atoms with E-state index >= 15 is 0 Å². The molecule has 8 heteroatoms. The van der Waals surface area contributed by atoms with Gasteiger partial charge in [-0.1, -0.05) is 19.0 Å². The normalized spacial score (nSPS) is 14.5. The van der Waals surface area contributed by atoms with Gasteiger partial charge in [0.2, 0.25) is 5.89 Å². The van der Waals surface area contributed by atoms with Crippen LogP contribution in [0.1, 0.15) is 61.4 Å². The van der Waals surface area contributed by atoms with Crippen molar-refractivity contribution in [2.75, 3.05) is 0 Å². The van der Waals surface area contributed by atoms with Gasteiger partial charge in [-0.2, -0.15) is 4.98 Å². The van der Waals surface area contributed by atoms with E-state index in [1.165, 1.54) is 4.68 Å². The predicted octanol–water partition coefficient (Wildman–Crippen LogP) is 1.63. The van der Waals surface area contributed by atoms with Crippen molar-refractivity contribution >= 4 is 5.65 Å². The van der Waals surface area contributed by atoms with Crippen LogP contribution in [0.3, 0.4) is 0 Å². The van der Waals surface area contributed by atoms with Gasteiger partial charge in [-0.3, -0.25) is 0 Å². The molecule has 0 spiro atoms. The lowest BCUT2D eigenvalue weighted by molar-refractivity contribution is 0.361. The van der Waals surface area contributed by atoms with Gasteiger partial charge in [0.15, 0.2) is 11.5 Å². The average Bonchev–Trinajstić information content (AvgIpc) is 3.11. The van der Waals surface area contributed by atoms with Crippen molar-refractivity contribution in [3.63, 3.8) is 0 Å². The highest BCUT2D eigenvalue weighted by molar-refractivity contribution is 5.51. The third kappa shape index (κ3) is 2.33. The average molecular weight is 328 g/mol. The molecule has 4 rings (SSSR count). The van der Waals surface area contributed by atoms with Crippen LogP contribution < -0.4 is 5.69 Å². The molecule has 0 aliphatic heterocycles. The minimum Gasteiger partial charge on any atom is -0.337 e. The summed E-state index contributed by atoms with van der Waals surface area (Å²) in [6, 6.07) is 0. The molecule has 8 nitrogen and oxygen atoms in total. The molecular weight excluding hydrogens is 308 g/mol. The molecular formula is C16H20N6O2. The van der Waals surface area contributed by atoms with Gasteiger partial charge >= 0.3 is 5.69 Å². The Labute approximate surface area is 138 Å². The third-order valence-electron chi connectivity index (χ3n) is 4.40. The van der Waals surface area contributed by atoms with E-state index in [2.05, 4.69) is 15.2 Å². The second-order valence-corrected chi connectivity index (χ2v) is 6.59. The maximum Gasteiger partial charge on any atom is 0.352 e. The fraction of sp³-hybridized carbons (Fsp3) is 0.562. The van der Waals surface area contributed by atoms with Crippen molar-refractivity contribution in [3.8, 4) is 0 Å². The highest BCUT2D eigenvalue weighted by Crippen LogP contribution is 2.25. The maximum atomic E-state index is 12.9. The molecule has 1 aliphatic rings. The van der Waals surface area contributed by atoms with Crippen molar-refractivity contribution < 1.29 is 4.52 Å². The quantitative estimate of drug-likeness (QED) is 0.726. The molecule has 0 saturated carbocycles. The van der Waals surface area contributed by atoms with Gasteiger partial charge in [-0.25, -0.2) is 18.9 Å². The van der Waals surface area contributed by atoms with Gasteiger partial charge in [-0.05, 0) is 32.6 Å². The number of nitrogens with zero attached hydrogens (tertiary/aromatic N) is 6. The SMILES string of the molecule is Cc1noc(Cn2nc3c4c(nc(C(C)C)n3c2=O)CCCC4)n1. The monoisotopic (exact) mass is 328 g/mol. The first kappa shape index (κ1) is 15.0. The molecule has 3 aromatic rings. The van der Waals surface area contributed by atoms with Crippen LogP contribution in [0.4, 0.5) is 0 Å². The van der Waals surface area contributed by atoms with Crippen LogP contribution in [-0.4, -0.2) is 29.3 Å². The van der Waals surface area contributed by atoms with E-state index in [1.54, 1.807) is 11.3 Å². The van der Waals surface area contributed by atoms with E-state index in [-0.39, 0.29) is 18.2 Å². The van der Waals surface area contributed by atoms with E-state index < -0.39 is 0 Å². The summed E-state index contributed by atoms with van der Waals surface area (Å²) in [5.74, 6) is 1.83. The molecule has 0 N–H and O–H groups in total. The first-order chi connectivity index (χ1) is 11.5. The Hall–Kier alpha value is -2.51. The largest absolute Gasteiger partial charge is 0.352 e. The summed E-state index contributed by atoms with van der Waals surface area (Å²) in [5, 5.41) is 8.34.